The molecule has 1 aromatic heterocycles. The third kappa shape index (κ3) is 5.37. The zero-order valence-corrected chi connectivity index (χ0v) is 28.0. The van der Waals surface area contributed by atoms with Crippen LogP contribution in [-0.4, -0.2) is 55.0 Å². The number of aromatic nitrogens is 1. The summed E-state index contributed by atoms with van der Waals surface area (Å²) in [6.07, 6.45) is 1.52. The Balaban J connectivity index is 1.20. The number of ether oxygens (including phenoxy) is 5. The van der Waals surface area contributed by atoms with Gasteiger partial charge in [-0.05, 0) is 70.8 Å². The molecule has 0 unspecified atom stereocenters. The molecule has 0 spiro atoms. The summed E-state index contributed by atoms with van der Waals surface area (Å²) in [4.78, 5) is 41.6. The lowest BCUT2D eigenvalue weighted by Crippen LogP contribution is -2.44. The number of amides is 1. The summed E-state index contributed by atoms with van der Waals surface area (Å²) >= 11 is 6.42. The van der Waals surface area contributed by atoms with Crippen molar-refractivity contribution in [3.63, 3.8) is 0 Å². The minimum Gasteiger partial charge on any atom is -0.502 e. The highest BCUT2D eigenvalue weighted by Gasteiger charge is 2.53. The van der Waals surface area contributed by atoms with Gasteiger partial charge < -0.3 is 38.7 Å². The molecule has 1 amide bonds. The van der Waals surface area contributed by atoms with Crippen LogP contribution in [0.25, 0.3) is 10.9 Å². The Morgan fingerprint density at radius 3 is 2.39 bits per heavy atom. The molecular weight excluding hydrogens is 683 g/mol. The zero-order chi connectivity index (χ0) is 35.6. The topological polar surface area (TPSA) is 135 Å². The number of aromatic hydroxyl groups is 1. The van der Waals surface area contributed by atoms with Gasteiger partial charge in [0, 0.05) is 40.5 Å². The van der Waals surface area contributed by atoms with E-state index in [-0.39, 0.29) is 48.1 Å². The van der Waals surface area contributed by atoms with E-state index in [0.717, 1.165) is 5.56 Å². The number of hydrogen-bond donors (Lipinski definition) is 2. The van der Waals surface area contributed by atoms with E-state index >= 15 is 0 Å². The number of nitrogens with zero attached hydrogens (tertiary/aromatic N) is 1. The highest BCUT2D eigenvalue weighted by atomic mass is 35.5. The Hall–Kier alpha value is -5.75. The Morgan fingerprint density at radius 2 is 1.69 bits per heavy atom. The van der Waals surface area contributed by atoms with Crippen LogP contribution in [0.3, 0.4) is 0 Å². The fourth-order valence-electron chi connectivity index (χ4n) is 7.56. The largest absolute Gasteiger partial charge is 0.502 e. The lowest BCUT2D eigenvalue weighted by atomic mass is 9.65. The lowest BCUT2D eigenvalue weighted by Gasteiger charge is -2.39. The van der Waals surface area contributed by atoms with E-state index in [1.807, 2.05) is 12.1 Å². The minimum atomic E-state index is -0.950. The van der Waals surface area contributed by atoms with Crippen LogP contribution in [0.15, 0.2) is 72.9 Å². The molecular formula is C38H30ClFN2O9. The fraction of sp³-hybridized carbons (Fsp3) is 0.237. The summed E-state index contributed by atoms with van der Waals surface area (Å²) in [7, 11) is 2.81. The molecule has 1 saturated heterocycles. The van der Waals surface area contributed by atoms with Crippen LogP contribution in [0, 0.1) is 17.7 Å². The summed E-state index contributed by atoms with van der Waals surface area (Å²) < 4.78 is 44.2. The number of carbonyl (C=O) groups is 3. The number of esters is 1. The van der Waals surface area contributed by atoms with Gasteiger partial charge in [0.2, 0.25) is 12.5 Å². The molecule has 4 atom stereocenters. The van der Waals surface area contributed by atoms with Crippen molar-refractivity contribution < 1.29 is 47.6 Å². The first kappa shape index (κ1) is 32.5. The highest BCUT2D eigenvalue weighted by Crippen LogP contribution is 2.55. The second kappa shape index (κ2) is 12.5. The first-order chi connectivity index (χ1) is 24.7. The fourth-order valence-corrected chi connectivity index (χ4v) is 7.76. The minimum absolute atomic E-state index is 0.00670. The monoisotopic (exact) mass is 712 g/mol. The molecule has 260 valence electrons. The van der Waals surface area contributed by atoms with Gasteiger partial charge in [-0.25, -0.2) is 4.39 Å². The number of phenolic OH excluding ortho intramolecular Hbond substituents is 1. The molecule has 51 heavy (non-hydrogen) atoms. The van der Waals surface area contributed by atoms with E-state index in [9.17, 15) is 23.9 Å². The Labute approximate surface area is 295 Å². The number of phenols is 1. The molecule has 2 aliphatic heterocycles. The van der Waals surface area contributed by atoms with Crippen molar-refractivity contribution in [1.82, 2.24) is 9.88 Å². The summed E-state index contributed by atoms with van der Waals surface area (Å²) in [6.45, 7) is 0.210. The van der Waals surface area contributed by atoms with Crippen LogP contribution < -0.4 is 24.3 Å². The number of fused-ring (bicyclic) bond motifs is 4. The van der Waals surface area contributed by atoms with Crippen molar-refractivity contribution in [3.05, 3.63) is 112 Å². The van der Waals surface area contributed by atoms with Crippen molar-refractivity contribution in [2.24, 2.45) is 11.8 Å². The lowest BCUT2D eigenvalue weighted by molar-refractivity contribution is -0.141. The number of carbonyl (C=O) groups excluding carboxylic acids is 3. The normalized spacial score (nSPS) is 20.0. The maximum Gasteiger partial charge on any atom is 0.310 e. The molecule has 0 saturated carbocycles. The molecule has 5 aromatic rings. The van der Waals surface area contributed by atoms with E-state index in [0.29, 0.717) is 38.7 Å². The van der Waals surface area contributed by atoms with Gasteiger partial charge in [0.25, 0.3) is 11.7 Å². The first-order valence-electron chi connectivity index (χ1n) is 16.1. The predicted molar refractivity (Wildman–Crippen MR) is 181 cm³/mol. The maximum absolute atomic E-state index is 14.6. The Kier molecular flexibility index (Phi) is 7.98. The number of rotatable bonds is 8. The summed E-state index contributed by atoms with van der Waals surface area (Å²) in [5.41, 5.74) is 3.11. The van der Waals surface area contributed by atoms with E-state index in [1.54, 1.807) is 47.0 Å². The number of halogens is 2. The van der Waals surface area contributed by atoms with Gasteiger partial charge >= 0.3 is 5.97 Å². The third-order valence-electron chi connectivity index (χ3n) is 9.93. The Bertz CT molecular complexity index is 2240. The number of hydrogen-bond acceptors (Lipinski definition) is 9. The number of cyclic esters (lactones) is 1. The summed E-state index contributed by atoms with van der Waals surface area (Å²) in [6, 6.07) is 17.2. The molecule has 13 heteroatoms. The molecule has 11 nitrogen and oxygen atoms in total. The van der Waals surface area contributed by atoms with E-state index in [4.69, 9.17) is 35.3 Å². The second-order valence-electron chi connectivity index (χ2n) is 12.6. The van der Waals surface area contributed by atoms with Gasteiger partial charge in [-0.15, -0.1) is 0 Å². The summed E-state index contributed by atoms with van der Waals surface area (Å²) in [5.74, 6) is -4.03. The van der Waals surface area contributed by atoms with Gasteiger partial charge in [-0.2, -0.15) is 0 Å². The van der Waals surface area contributed by atoms with E-state index in [2.05, 4.69) is 5.32 Å². The van der Waals surface area contributed by atoms with Gasteiger partial charge in [-0.1, -0.05) is 29.8 Å². The molecule has 3 aliphatic rings. The zero-order valence-electron chi connectivity index (χ0n) is 27.3. The van der Waals surface area contributed by atoms with Crippen LogP contribution in [0.4, 0.5) is 4.39 Å². The number of nitrogens with one attached hydrogen (secondary N) is 1. The quantitative estimate of drug-likeness (QED) is 0.114. The van der Waals surface area contributed by atoms with Gasteiger partial charge in [-0.3, -0.25) is 14.4 Å². The maximum atomic E-state index is 14.6. The van der Waals surface area contributed by atoms with Crippen LogP contribution in [0.2, 0.25) is 5.02 Å². The average molecular weight is 713 g/mol. The summed E-state index contributed by atoms with van der Waals surface area (Å²) in [5, 5.41) is 14.3. The van der Waals surface area contributed by atoms with Crippen LogP contribution >= 0.6 is 11.6 Å². The van der Waals surface area contributed by atoms with Gasteiger partial charge in [0.1, 0.15) is 5.82 Å². The van der Waals surface area contributed by atoms with E-state index < -0.39 is 47.3 Å². The predicted octanol–water partition coefficient (Wildman–Crippen LogP) is 5.91. The molecule has 1 aliphatic carbocycles. The second-order valence-corrected chi connectivity index (χ2v) is 13.0. The number of benzene rings is 4. The number of methoxy groups -OCH3 is 2. The van der Waals surface area contributed by atoms with Crippen LogP contribution in [-0.2, 0) is 20.9 Å². The van der Waals surface area contributed by atoms with Gasteiger partial charge in [0.15, 0.2) is 23.0 Å². The highest BCUT2D eigenvalue weighted by molar-refractivity contribution is 6.45. The van der Waals surface area contributed by atoms with Crippen molar-refractivity contribution >= 4 is 40.2 Å². The third-order valence-corrected chi connectivity index (χ3v) is 10.3. The van der Waals surface area contributed by atoms with Crippen LogP contribution in [0.5, 0.6) is 28.7 Å². The molecule has 0 radical (unpaired) electrons. The molecule has 8 rings (SSSR count). The Morgan fingerprint density at radius 1 is 0.980 bits per heavy atom. The molecule has 0 bridgehead atoms. The van der Waals surface area contributed by atoms with Crippen molar-refractivity contribution in [2.45, 2.75) is 18.5 Å². The van der Waals surface area contributed by atoms with Crippen molar-refractivity contribution in [3.8, 4) is 28.7 Å². The SMILES string of the molecule is COc1cc([C@@H]2c3cc4c(cc3[C@@H](NC(=O)C(=O)c3cn(Cc5ccccc5Cl)c5ccc(F)cc35)[C@H]3COC(=O)[C@H]23)OCO4)cc(OC)c1O. The number of ketones is 1. The molecule has 1 fully saturated rings. The van der Waals surface area contributed by atoms with Crippen molar-refractivity contribution in [2.75, 3.05) is 27.6 Å². The average Bonchev–Trinajstić information content (AvgIpc) is 3.85. The smallest absolute Gasteiger partial charge is 0.310 e. The van der Waals surface area contributed by atoms with Crippen LogP contribution in [0.1, 0.15) is 44.6 Å². The van der Waals surface area contributed by atoms with Crippen molar-refractivity contribution in [1.29, 1.82) is 0 Å². The van der Waals surface area contributed by atoms with E-state index in [1.165, 1.54) is 32.5 Å². The molecule has 2 N–H and O–H groups in total. The molecule has 3 heterocycles. The molecule has 4 aromatic carbocycles. The van der Waals surface area contributed by atoms with Gasteiger partial charge in [0.05, 0.1) is 38.3 Å². The number of Topliss-reactive ketones (excluding diaryl/α,β-unsaturated/α-hetero) is 1. The first-order valence-corrected chi connectivity index (χ1v) is 16.5. The standard InChI is InChI=1S/C38H30ClFN2O9/c1-47-30-9-19(10-31(48-2)36(30)44)32-22-12-28-29(51-17-50-28)13-23(22)34(25-16-49-38(46)33(25)32)41-37(45)35(43)24-15-42(14-18-5-3-4-6-26(18)39)27-8-7-20(40)11-21(24)27/h3-13,15,25,32-34,44H,14,16-17H2,1-2H3,(H,41,45)/t25-,32+,33-,34+/m0/s1.